The highest BCUT2D eigenvalue weighted by molar-refractivity contribution is 5.25. The quantitative estimate of drug-likeness (QED) is 0.853. The van der Waals surface area contributed by atoms with Crippen molar-refractivity contribution in [3.63, 3.8) is 0 Å². The minimum atomic E-state index is 0.863. The Hall–Kier alpha value is -1.61. The highest BCUT2D eigenvalue weighted by Crippen LogP contribution is 2.06. The molecule has 0 aliphatic heterocycles. The van der Waals surface area contributed by atoms with Crippen molar-refractivity contribution in [1.82, 2.24) is 15.1 Å². The molecule has 2 aromatic rings. The molecular formula is C14H19N3. The van der Waals surface area contributed by atoms with Crippen molar-refractivity contribution in [3.8, 4) is 0 Å². The normalized spacial score (nSPS) is 10.7. The fraction of sp³-hybridized carbons (Fsp3) is 0.357. The van der Waals surface area contributed by atoms with Gasteiger partial charge >= 0.3 is 0 Å². The molecule has 0 fully saturated rings. The molecule has 0 aliphatic rings. The lowest BCUT2D eigenvalue weighted by molar-refractivity contribution is 0.581. The highest BCUT2D eigenvalue weighted by Gasteiger charge is 2.00. The Morgan fingerprint density at radius 1 is 1.18 bits per heavy atom. The van der Waals surface area contributed by atoms with E-state index in [0.29, 0.717) is 0 Å². The zero-order valence-electron chi connectivity index (χ0n) is 10.5. The summed E-state index contributed by atoms with van der Waals surface area (Å²) in [6, 6.07) is 10.5. The van der Waals surface area contributed by atoms with Gasteiger partial charge in [0.1, 0.15) is 0 Å². The zero-order chi connectivity index (χ0) is 12.1. The molecule has 1 N–H and O–H groups in total. The van der Waals surface area contributed by atoms with Crippen LogP contribution in [0.3, 0.4) is 0 Å². The summed E-state index contributed by atoms with van der Waals surface area (Å²) in [4.78, 5) is 0. The molecule has 0 aliphatic carbocycles. The van der Waals surface area contributed by atoms with Crippen LogP contribution in [0.4, 0.5) is 0 Å². The minimum Gasteiger partial charge on any atom is -0.307 e. The van der Waals surface area contributed by atoms with Crippen molar-refractivity contribution in [2.75, 3.05) is 0 Å². The maximum Gasteiger partial charge on any atom is 0.0522 e. The lowest BCUT2D eigenvalue weighted by Crippen LogP contribution is -2.16. The standard InChI is InChI=1S/C14H19N3/c1-3-17-14(8-9-16-17)11-15-10-13-7-5-4-6-12(13)2/h4-9,15H,3,10-11H2,1-2H3. The maximum atomic E-state index is 4.25. The minimum absolute atomic E-state index is 0.863. The second-order valence-electron chi connectivity index (χ2n) is 4.17. The molecule has 17 heavy (non-hydrogen) atoms. The topological polar surface area (TPSA) is 29.9 Å². The summed E-state index contributed by atoms with van der Waals surface area (Å²) in [5.74, 6) is 0. The van der Waals surface area contributed by atoms with Crippen molar-refractivity contribution in [1.29, 1.82) is 0 Å². The third kappa shape index (κ3) is 2.94. The molecule has 0 bridgehead atoms. The summed E-state index contributed by atoms with van der Waals surface area (Å²) < 4.78 is 2.02. The molecular weight excluding hydrogens is 210 g/mol. The SMILES string of the molecule is CCn1nccc1CNCc1ccccc1C. The molecule has 0 spiro atoms. The van der Waals surface area contributed by atoms with E-state index in [0.717, 1.165) is 19.6 Å². The van der Waals surface area contributed by atoms with Gasteiger partial charge in [-0.15, -0.1) is 0 Å². The van der Waals surface area contributed by atoms with Crippen molar-refractivity contribution < 1.29 is 0 Å². The van der Waals surface area contributed by atoms with Crippen LogP contribution in [0, 0.1) is 6.92 Å². The number of hydrogen-bond acceptors (Lipinski definition) is 2. The van der Waals surface area contributed by atoms with Gasteiger partial charge < -0.3 is 5.32 Å². The Kier molecular flexibility index (Phi) is 3.94. The van der Waals surface area contributed by atoms with E-state index in [1.807, 2.05) is 10.9 Å². The van der Waals surface area contributed by atoms with E-state index in [1.54, 1.807) is 0 Å². The van der Waals surface area contributed by atoms with E-state index in [2.05, 4.69) is 54.6 Å². The number of aromatic nitrogens is 2. The van der Waals surface area contributed by atoms with Crippen LogP contribution in [-0.2, 0) is 19.6 Å². The van der Waals surface area contributed by atoms with Crippen LogP contribution in [0.15, 0.2) is 36.5 Å². The Bertz CT molecular complexity index is 474. The predicted octanol–water partition coefficient (Wildman–Crippen LogP) is 2.50. The van der Waals surface area contributed by atoms with E-state index >= 15 is 0 Å². The van der Waals surface area contributed by atoms with Gasteiger partial charge in [-0.25, -0.2) is 0 Å². The molecule has 90 valence electrons. The summed E-state index contributed by atoms with van der Waals surface area (Å²) in [5, 5.41) is 7.71. The van der Waals surface area contributed by atoms with Crippen LogP contribution >= 0.6 is 0 Å². The molecule has 3 heteroatoms. The molecule has 1 aromatic carbocycles. The zero-order valence-corrected chi connectivity index (χ0v) is 10.5. The van der Waals surface area contributed by atoms with E-state index in [4.69, 9.17) is 0 Å². The summed E-state index contributed by atoms with van der Waals surface area (Å²) >= 11 is 0. The lowest BCUT2D eigenvalue weighted by Gasteiger charge is -2.08. The van der Waals surface area contributed by atoms with Crippen LogP contribution in [0.25, 0.3) is 0 Å². The average Bonchev–Trinajstić information content (AvgIpc) is 2.79. The first kappa shape index (κ1) is 11.9. The van der Waals surface area contributed by atoms with E-state index in [1.165, 1.54) is 16.8 Å². The van der Waals surface area contributed by atoms with Gasteiger partial charge in [0.05, 0.1) is 5.69 Å². The summed E-state index contributed by atoms with van der Waals surface area (Å²) in [5.41, 5.74) is 3.93. The Morgan fingerprint density at radius 2 is 2.00 bits per heavy atom. The van der Waals surface area contributed by atoms with Crippen LogP contribution in [0.5, 0.6) is 0 Å². The molecule has 0 amide bonds. The van der Waals surface area contributed by atoms with Gasteiger partial charge in [-0.1, -0.05) is 24.3 Å². The van der Waals surface area contributed by atoms with E-state index in [9.17, 15) is 0 Å². The summed E-state index contributed by atoms with van der Waals surface area (Å²) in [7, 11) is 0. The van der Waals surface area contributed by atoms with Crippen molar-refractivity contribution in [2.45, 2.75) is 33.5 Å². The van der Waals surface area contributed by atoms with Crippen molar-refractivity contribution in [2.24, 2.45) is 0 Å². The molecule has 0 saturated carbocycles. The number of hydrogen-bond donors (Lipinski definition) is 1. The third-order valence-electron chi connectivity index (χ3n) is 2.99. The van der Waals surface area contributed by atoms with Gasteiger partial charge in [-0.2, -0.15) is 5.10 Å². The fourth-order valence-corrected chi connectivity index (χ4v) is 1.93. The van der Waals surface area contributed by atoms with Gasteiger partial charge in [0.2, 0.25) is 0 Å². The molecule has 0 radical (unpaired) electrons. The van der Waals surface area contributed by atoms with Crippen LogP contribution in [-0.4, -0.2) is 9.78 Å². The Labute approximate surface area is 102 Å². The Morgan fingerprint density at radius 3 is 2.76 bits per heavy atom. The molecule has 3 nitrogen and oxygen atoms in total. The largest absolute Gasteiger partial charge is 0.307 e. The fourth-order valence-electron chi connectivity index (χ4n) is 1.93. The Balaban J connectivity index is 1.90. The van der Waals surface area contributed by atoms with Gasteiger partial charge in [-0.3, -0.25) is 4.68 Å². The monoisotopic (exact) mass is 229 g/mol. The molecule has 2 rings (SSSR count). The van der Waals surface area contributed by atoms with Gasteiger partial charge in [-0.05, 0) is 31.0 Å². The van der Waals surface area contributed by atoms with Crippen molar-refractivity contribution >= 4 is 0 Å². The molecule has 1 aromatic heterocycles. The summed E-state index contributed by atoms with van der Waals surface area (Å²) in [6.07, 6.45) is 1.86. The second-order valence-corrected chi connectivity index (χ2v) is 4.17. The second kappa shape index (κ2) is 5.64. The number of aryl methyl sites for hydroxylation is 2. The smallest absolute Gasteiger partial charge is 0.0522 e. The van der Waals surface area contributed by atoms with E-state index in [-0.39, 0.29) is 0 Å². The van der Waals surface area contributed by atoms with Crippen molar-refractivity contribution in [3.05, 3.63) is 53.3 Å². The number of rotatable bonds is 5. The van der Waals surface area contributed by atoms with Gasteiger partial charge in [0.25, 0.3) is 0 Å². The van der Waals surface area contributed by atoms with Crippen LogP contribution in [0.1, 0.15) is 23.7 Å². The molecule has 0 unspecified atom stereocenters. The van der Waals surface area contributed by atoms with Gasteiger partial charge in [0, 0.05) is 25.8 Å². The van der Waals surface area contributed by atoms with Crippen LogP contribution in [0.2, 0.25) is 0 Å². The first-order valence-electron chi connectivity index (χ1n) is 6.07. The first-order chi connectivity index (χ1) is 8.31. The molecule has 0 atom stereocenters. The van der Waals surface area contributed by atoms with Crippen LogP contribution < -0.4 is 5.32 Å². The molecule has 0 saturated heterocycles. The van der Waals surface area contributed by atoms with E-state index < -0.39 is 0 Å². The predicted molar refractivity (Wildman–Crippen MR) is 69.6 cm³/mol. The third-order valence-corrected chi connectivity index (χ3v) is 2.99. The summed E-state index contributed by atoms with van der Waals surface area (Å²) in [6.45, 7) is 6.95. The molecule has 1 heterocycles. The number of nitrogens with one attached hydrogen (secondary N) is 1. The lowest BCUT2D eigenvalue weighted by atomic mass is 10.1. The van der Waals surface area contributed by atoms with Gasteiger partial charge in [0.15, 0.2) is 0 Å². The average molecular weight is 229 g/mol. The highest BCUT2D eigenvalue weighted by atomic mass is 15.3. The number of nitrogens with zero attached hydrogens (tertiary/aromatic N) is 2. The maximum absolute atomic E-state index is 4.25. The first-order valence-corrected chi connectivity index (χ1v) is 6.07. The number of benzene rings is 1.